The summed E-state index contributed by atoms with van der Waals surface area (Å²) in [6, 6.07) is 9.83. The Labute approximate surface area is 108 Å². The minimum atomic E-state index is 0.353. The van der Waals surface area contributed by atoms with Gasteiger partial charge in [0.25, 0.3) is 0 Å². The molecule has 3 heteroatoms. The van der Waals surface area contributed by atoms with Crippen LogP contribution in [-0.2, 0) is 6.42 Å². The highest BCUT2D eigenvalue weighted by Gasteiger charge is 2.33. The quantitative estimate of drug-likeness (QED) is 0.832. The van der Waals surface area contributed by atoms with E-state index in [2.05, 4.69) is 36.5 Å². The van der Waals surface area contributed by atoms with Gasteiger partial charge in [-0.15, -0.1) is 0 Å². The van der Waals surface area contributed by atoms with Crippen molar-refractivity contribution in [2.24, 2.45) is 10.7 Å². The van der Waals surface area contributed by atoms with Gasteiger partial charge in [-0.2, -0.15) is 0 Å². The molecule has 3 nitrogen and oxygen atoms in total. The second-order valence-electron chi connectivity index (χ2n) is 5.57. The van der Waals surface area contributed by atoms with Crippen molar-refractivity contribution in [1.82, 2.24) is 5.32 Å². The lowest BCUT2D eigenvalue weighted by Crippen LogP contribution is -2.44. The summed E-state index contributed by atoms with van der Waals surface area (Å²) in [5, 5.41) is 3.57. The van der Waals surface area contributed by atoms with Gasteiger partial charge in [0, 0.05) is 12.5 Å². The summed E-state index contributed by atoms with van der Waals surface area (Å²) in [5.41, 5.74) is 8.73. The lowest BCUT2D eigenvalue weighted by atomic mass is 9.88. The molecule has 3 rings (SSSR count). The van der Waals surface area contributed by atoms with Crippen LogP contribution in [0.1, 0.15) is 30.4 Å². The number of nitrogens with one attached hydrogen (secondary N) is 1. The van der Waals surface area contributed by atoms with E-state index in [-0.39, 0.29) is 0 Å². The first-order valence-electron chi connectivity index (χ1n) is 6.85. The molecule has 1 heterocycles. The van der Waals surface area contributed by atoms with Crippen LogP contribution in [0.5, 0.6) is 0 Å². The van der Waals surface area contributed by atoms with Gasteiger partial charge in [-0.05, 0) is 37.3 Å². The van der Waals surface area contributed by atoms with Crippen LogP contribution in [0.3, 0.4) is 0 Å². The SMILES string of the molecule is Cc1ccccc1CC1=NC2CCC(N)CC2N1. The first-order valence-corrected chi connectivity index (χ1v) is 6.85. The minimum absolute atomic E-state index is 0.353. The molecule has 1 aliphatic heterocycles. The molecule has 0 bridgehead atoms. The predicted molar refractivity (Wildman–Crippen MR) is 74.9 cm³/mol. The molecular formula is C15H21N3. The van der Waals surface area contributed by atoms with Crippen LogP contribution in [0.4, 0.5) is 0 Å². The normalized spacial score (nSPS) is 30.6. The number of hydrogen-bond donors (Lipinski definition) is 2. The molecule has 0 radical (unpaired) electrons. The molecule has 0 aromatic heterocycles. The molecule has 96 valence electrons. The van der Waals surface area contributed by atoms with E-state index in [0.29, 0.717) is 18.1 Å². The van der Waals surface area contributed by atoms with Crippen molar-refractivity contribution in [1.29, 1.82) is 0 Å². The fourth-order valence-electron chi connectivity index (χ4n) is 3.03. The highest BCUT2D eigenvalue weighted by Crippen LogP contribution is 2.25. The number of rotatable bonds is 2. The molecule has 1 saturated carbocycles. The van der Waals surface area contributed by atoms with Crippen molar-refractivity contribution in [3.8, 4) is 0 Å². The van der Waals surface area contributed by atoms with Gasteiger partial charge in [0.15, 0.2) is 0 Å². The van der Waals surface area contributed by atoms with Crippen LogP contribution in [0.2, 0.25) is 0 Å². The molecule has 1 aromatic rings. The second-order valence-corrected chi connectivity index (χ2v) is 5.57. The average molecular weight is 243 g/mol. The Morgan fingerprint density at radius 2 is 2.17 bits per heavy atom. The van der Waals surface area contributed by atoms with Crippen LogP contribution in [0.15, 0.2) is 29.3 Å². The molecule has 18 heavy (non-hydrogen) atoms. The first kappa shape index (κ1) is 11.7. The molecule has 3 unspecified atom stereocenters. The highest BCUT2D eigenvalue weighted by atomic mass is 15.1. The van der Waals surface area contributed by atoms with Gasteiger partial charge in [0.2, 0.25) is 0 Å². The fraction of sp³-hybridized carbons (Fsp3) is 0.533. The Morgan fingerprint density at radius 3 is 3.00 bits per heavy atom. The Bertz CT molecular complexity index is 467. The van der Waals surface area contributed by atoms with Crippen molar-refractivity contribution < 1.29 is 0 Å². The van der Waals surface area contributed by atoms with E-state index >= 15 is 0 Å². The maximum Gasteiger partial charge on any atom is 0.101 e. The molecule has 1 aromatic carbocycles. The van der Waals surface area contributed by atoms with Crippen LogP contribution >= 0.6 is 0 Å². The van der Waals surface area contributed by atoms with Crippen LogP contribution < -0.4 is 11.1 Å². The molecule has 0 saturated heterocycles. The number of aliphatic imine (C=N–C) groups is 1. The van der Waals surface area contributed by atoms with Crippen molar-refractivity contribution in [2.45, 2.75) is 50.7 Å². The Kier molecular flexibility index (Phi) is 3.08. The predicted octanol–water partition coefficient (Wildman–Crippen LogP) is 1.79. The number of fused-ring (bicyclic) bond motifs is 1. The third-order valence-corrected chi connectivity index (χ3v) is 4.15. The zero-order valence-electron chi connectivity index (χ0n) is 10.9. The van der Waals surface area contributed by atoms with E-state index in [4.69, 9.17) is 10.7 Å². The van der Waals surface area contributed by atoms with E-state index < -0.39 is 0 Å². The van der Waals surface area contributed by atoms with Crippen LogP contribution in [-0.4, -0.2) is 24.0 Å². The van der Waals surface area contributed by atoms with E-state index in [9.17, 15) is 0 Å². The number of benzene rings is 1. The number of aryl methyl sites for hydroxylation is 1. The summed E-state index contributed by atoms with van der Waals surface area (Å²) in [6.45, 7) is 2.16. The zero-order chi connectivity index (χ0) is 12.5. The summed E-state index contributed by atoms with van der Waals surface area (Å²) >= 11 is 0. The Balaban J connectivity index is 1.70. The van der Waals surface area contributed by atoms with Gasteiger partial charge < -0.3 is 11.1 Å². The van der Waals surface area contributed by atoms with Gasteiger partial charge in [-0.1, -0.05) is 24.3 Å². The van der Waals surface area contributed by atoms with E-state index in [1.165, 1.54) is 11.1 Å². The molecule has 1 aliphatic carbocycles. The maximum atomic E-state index is 6.02. The van der Waals surface area contributed by atoms with Gasteiger partial charge in [0.05, 0.1) is 12.1 Å². The van der Waals surface area contributed by atoms with Crippen LogP contribution in [0, 0.1) is 6.92 Å². The van der Waals surface area contributed by atoms with Gasteiger partial charge in [-0.25, -0.2) is 0 Å². The van der Waals surface area contributed by atoms with Gasteiger partial charge in [0.1, 0.15) is 5.84 Å². The molecule has 0 spiro atoms. The summed E-state index contributed by atoms with van der Waals surface area (Å²) in [7, 11) is 0. The molecule has 0 amide bonds. The van der Waals surface area contributed by atoms with Crippen molar-refractivity contribution in [3.05, 3.63) is 35.4 Å². The third kappa shape index (κ3) is 2.27. The second kappa shape index (κ2) is 4.73. The molecule has 3 N–H and O–H groups in total. The fourth-order valence-corrected chi connectivity index (χ4v) is 3.03. The van der Waals surface area contributed by atoms with E-state index in [1.54, 1.807) is 0 Å². The standard InChI is InChI=1S/C15H21N3/c1-10-4-2-3-5-11(10)8-15-17-13-7-6-12(16)9-14(13)18-15/h2-5,12-14H,6-9,16H2,1H3,(H,17,18). The Hall–Kier alpha value is -1.35. The summed E-state index contributed by atoms with van der Waals surface area (Å²) in [4.78, 5) is 4.83. The largest absolute Gasteiger partial charge is 0.369 e. The lowest BCUT2D eigenvalue weighted by molar-refractivity contribution is 0.347. The third-order valence-electron chi connectivity index (χ3n) is 4.15. The van der Waals surface area contributed by atoms with Crippen molar-refractivity contribution in [2.75, 3.05) is 0 Å². The number of nitrogens with zero attached hydrogens (tertiary/aromatic N) is 1. The number of amidine groups is 1. The van der Waals surface area contributed by atoms with Crippen molar-refractivity contribution in [3.63, 3.8) is 0 Å². The molecular weight excluding hydrogens is 222 g/mol. The Morgan fingerprint density at radius 1 is 1.33 bits per heavy atom. The molecule has 3 atom stereocenters. The molecule has 2 aliphatic rings. The van der Waals surface area contributed by atoms with Crippen LogP contribution in [0.25, 0.3) is 0 Å². The summed E-state index contributed by atoms with van der Waals surface area (Å²) in [5.74, 6) is 1.15. The van der Waals surface area contributed by atoms with Crippen molar-refractivity contribution >= 4 is 5.84 Å². The number of hydrogen-bond acceptors (Lipinski definition) is 3. The maximum absolute atomic E-state index is 6.02. The van der Waals surface area contributed by atoms with Gasteiger partial charge >= 0.3 is 0 Å². The van der Waals surface area contributed by atoms with Gasteiger partial charge in [-0.3, -0.25) is 4.99 Å². The monoisotopic (exact) mass is 243 g/mol. The smallest absolute Gasteiger partial charge is 0.101 e. The topological polar surface area (TPSA) is 50.4 Å². The summed E-state index contributed by atoms with van der Waals surface area (Å²) in [6.07, 6.45) is 4.24. The lowest BCUT2D eigenvalue weighted by Gasteiger charge is -2.28. The number of nitrogens with two attached hydrogens (primary N) is 1. The first-order chi connectivity index (χ1) is 8.72. The van der Waals surface area contributed by atoms with E-state index in [0.717, 1.165) is 31.5 Å². The molecule has 1 fully saturated rings. The average Bonchev–Trinajstić information content (AvgIpc) is 2.73. The highest BCUT2D eigenvalue weighted by molar-refractivity contribution is 5.86. The van der Waals surface area contributed by atoms with E-state index in [1.807, 2.05) is 0 Å². The zero-order valence-corrected chi connectivity index (χ0v) is 10.9. The summed E-state index contributed by atoms with van der Waals surface area (Å²) < 4.78 is 0. The minimum Gasteiger partial charge on any atom is -0.369 e.